The zero-order chi connectivity index (χ0) is 18.8. The number of hydrogen-bond acceptors (Lipinski definition) is 5. The lowest BCUT2D eigenvalue weighted by molar-refractivity contribution is -0.124. The van der Waals surface area contributed by atoms with Crippen LogP contribution in [0.1, 0.15) is 39.9 Å². The quantitative estimate of drug-likeness (QED) is 0.735. The Kier molecular flexibility index (Phi) is 5.05. The highest BCUT2D eigenvalue weighted by Gasteiger charge is 2.24. The van der Waals surface area contributed by atoms with E-state index in [1.165, 1.54) is 10.4 Å². The zero-order valence-electron chi connectivity index (χ0n) is 15.4. The second-order valence-corrected chi connectivity index (χ2v) is 7.71. The van der Waals surface area contributed by atoms with E-state index >= 15 is 0 Å². The molecule has 0 aromatic carbocycles. The van der Waals surface area contributed by atoms with Crippen molar-refractivity contribution in [3.05, 3.63) is 63.2 Å². The number of ether oxygens (including phenoxy) is 1. The molecule has 1 atom stereocenters. The van der Waals surface area contributed by atoms with Gasteiger partial charge in [-0.1, -0.05) is 6.07 Å². The van der Waals surface area contributed by atoms with Crippen molar-refractivity contribution in [1.29, 1.82) is 0 Å². The maximum absolute atomic E-state index is 12.3. The molecule has 0 fully saturated rings. The van der Waals surface area contributed by atoms with E-state index in [4.69, 9.17) is 4.74 Å². The van der Waals surface area contributed by atoms with E-state index in [-0.39, 0.29) is 12.0 Å². The van der Waals surface area contributed by atoms with E-state index in [2.05, 4.69) is 26.8 Å². The molecule has 3 aromatic heterocycles. The highest BCUT2D eigenvalue weighted by molar-refractivity contribution is 7.10. The molecule has 3 aromatic rings. The highest BCUT2D eigenvalue weighted by atomic mass is 32.1. The standard InChI is InChI=1S/C20H22N4O2S/c1-13-9-14(2)24(23-13)18-4-3-15(11-21-18)12-22-19(25)10-17-20-16(5-7-26-17)6-8-27-20/h3-4,6,8-9,11,17H,5,7,10,12H2,1-2H3,(H,22,25)/t17-/m0/s1. The predicted octanol–water partition coefficient (Wildman–Crippen LogP) is 3.27. The minimum atomic E-state index is -0.125. The number of pyridine rings is 1. The molecule has 1 aliphatic heterocycles. The van der Waals surface area contributed by atoms with Gasteiger partial charge in [0.25, 0.3) is 0 Å². The topological polar surface area (TPSA) is 69.0 Å². The molecule has 6 nitrogen and oxygen atoms in total. The summed E-state index contributed by atoms with van der Waals surface area (Å²) in [6, 6.07) is 8.03. The summed E-state index contributed by atoms with van der Waals surface area (Å²) in [5.74, 6) is 0.764. The Morgan fingerprint density at radius 2 is 2.26 bits per heavy atom. The summed E-state index contributed by atoms with van der Waals surface area (Å²) in [4.78, 5) is 18.0. The Morgan fingerprint density at radius 1 is 1.37 bits per heavy atom. The number of nitrogens with one attached hydrogen (secondary N) is 1. The minimum absolute atomic E-state index is 0.0103. The Bertz CT molecular complexity index is 945. The number of aromatic nitrogens is 3. The van der Waals surface area contributed by atoms with E-state index in [0.717, 1.165) is 29.2 Å². The first-order valence-electron chi connectivity index (χ1n) is 9.03. The first kappa shape index (κ1) is 17.9. The van der Waals surface area contributed by atoms with Crippen LogP contribution >= 0.6 is 11.3 Å². The molecule has 0 unspecified atom stereocenters. The number of amides is 1. The molecule has 1 amide bonds. The SMILES string of the molecule is Cc1cc(C)n(-c2ccc(CNC(=O)C[C@@H]3OCCc4ccsc43)cn2)n1. The summed E-state index contributed by atoms with van der Waals surface area (Å²) < 4.78 is 7.61. The van der Waals surface area contributed by atoms with Gasteiger partial charge in [-0.3, -0.25) is 4.79 Å². The third-order valence-electron chi connectivity index (χ3n) is 4.66. The lowest BCUT2D eigenvalue weighted by Crippen LogP contribution is -2.27. The van der Waals surface area contributed by atoms with Gasteiger partial charge in [-0.05, 0) is 55.0 Å². The number of aryl methyl sites for hydroxylation is 2. The van der Waals surface area contributed by atoms with Gasteiger partial charge in [0.2, 0.25) is 5.91 Å². The molecular formula is C20H22N4O2S. The fraction of sp³-hybridized carbons (Fsp3) is 0.350. The summed E-state index contributed by atoms with van der Waals surface area (Å²) >= 11 is 1.67. The fourth-order valence-electron chi connectivity index (χ4n) is 3.32. The van der Waals surface area contributed by atoms with Gasteiger partial charge in [0, 0.05) is 23.3 Å². The molecule has 0 saturated carbocycles. The third kappa shape index (κ3) is 3.94. The van der Waals surface area contributed by atoms with Crippen LogP contribution in [0.25, 0.3) is 5.82 Å². The Hall–Kier alpha value is -2.51. The van der Waals surface area contributed by atoms with Crippen molar-refractivity contribution in [2.75, 3.05) is 6.61 Å². The first-order valence-corrected chi connectivity index (χ1v) is 9.91. The molecule has 7 heteroatoms. The first-order chi connectivity index (χ1) is 13.1. The van der Waals surface area contributed by atoms with E-state index in [9.17, 15) is 4.79 Å². The second-order valence-electron chi connectivity index (χ2n) is 6.76. The van der Waals surface area contributed by atoms with Crippen molar-refractivity contribution in [1.82, 2.24) is 20.1 Å². The van der Waals surface area contributed by atoms with Gasteiger partial charge >= 0.3 is 0 Å². The van der Waals surface area contributed by atoms with Crippen molar-refractivity contribution >= 4 is 17.2 Å². The van der Waals surface area contributed by atoms with Gasteiger partial charge in [0.1, 0.15) is 6.10 Å². The molecule has 4 heterocycles. The van der Waals surface area contributed by atoms with Crippen molar-refractivity contribution in [2.24, 2.45) is 0 Å². The minimum Gasteiger partial charge on any atom is -0.372 e. The van der Waals surface area contributed by atoms with Gasteiger partial charge in [-0.25, -0.2) is 9.67 Å². The number of rotatable bonds is 5. The number of nitrogens with zero attached hydrogens (tertiary/aromatic N) is 3. The fourth-order valence-corrected chi connectivity index (χ4v) is 4.33. The molecular weight excluding hydrogens is 360 g/mol. The van der Waals surface area contributed by atoms with Crippen LogP contribution in [0, 0.1) is 13.8 Å². The van der Waals surface area contributed by atoms with Crippen LogP contribution in [0.3, 0.4) is 0 Å². The molecule has 27 heavy (non-hydrogen) atoms. The summed E-state index contributed by atoms with van der Waals surface area (Å²) in [6.07, 6.45) is 2.94. The van der Waals surface area contributed by atoms with Crippen LogP contribution in [-0.2, 0) is 22.5 Å². The Balaban J connectivity index is 1.34. The molecule has 1 aliphatic rings. The molecule has 0 spiro atoms. The molecule has 0 saturated heterocycles. The van der Waals surface area contributed by atoms with Gasteiger partial charge in [-0.2, -0.15) is 5.10 Å². The van der Waals surface area contributed by atoms with Crippen molar-refractivity contribution < 1.29 is 9.53 Å². The van der Waals surface area contributed by atoms with E-state index in [1.807, 2.05) is 36.7 Å². The van der Waals surface area contributed by atoms with Crippen LogP contribution < -0.4 is 5.32 Å². The Labute approximate surface area is 162 Å². The molecule has 1 N–H and O–H groups in total. The maximum atomic E-state index is 12.3. The predicted molar refractivity (Wildman–Crippen MR) is 104 cm³/mol. The van der Waals surface area contributed by atoms with Crippen molar-refractivity contribution in [2.45, 2.75) is 39.3 Å². The molecule has 140 valence electrons. The number of thiophene rings is 1. The summed E-state index contributed by atoms with van der Waals surface area (Å²) in [5.41, 5.74) is 4.27. The molecule has 0 bridgehead atoms. The highest BCUT2D eigenvalue weighted by Crippen LogP contribution is 2.33. The monoisotopic (exact) mass is 382 g/mol. The van der Waals surface area contributed by atoms with Crippen molar-refractivity contribution in [3.8, 4) is 5.82 Å². The van der Waals surface area contributed by atoms with E-state index in [1.54, 1.807) is 17.5 Å². The largest absolute Gasteiger partial charge is 0.372 e. The van der Waals surface area contributed by atoms with Crippen LogP contribution in [-0.4, -0.2) is 27.3 Å². The van der Waals surface area contributed by atoms with Gasteiger partial charge in [0.15, 0.2) is 5.82 Å². The van der Waals surface area contributed by atoms with Crippen LogP contribution in [0.2, 0.25) is 0 Å². The molecule has 0 radical (unpaired) electrons. The lowest BCUT2D eigenvalue weighted by atomic mass is 10.1. The van der Waals surface area contributed by atoms with Gasteiger partial charge < -0.3 is 10.1 Å². The number of hydrogen-bond donors (Lipinski definition) is 1. The summed E-state index contributed by atoms with van der Waals surface area (Å²) in [5, 5.41) is 9.47. The molecule has 4 rings (SSSR count). The number of carbonyl (C=O) groups excluding carboxylic acids is 1. The van der Waals surface area contributed by atoms with E-state index < -0.39 is 0 Å². The summed E-state index contributed by atoms with van der Waals surface area (Å²) in [7, 11) is 0. The second kappa shape index (κ2) is 7.62. The van der Waals surface area contributed by atoms with Crippen molar-refractivity contribution in [3.63, 3.8) is 0 Å². The average molecular weight is 382 g/mol. The number of carbonyl (C=O) groups is 1. The van der Waals surface area contributed by atoms with Crippen LogP contribution in [0.15, 0.2) is 35.8 Å². The number of fused-ring (bicyclic) bond motifs is 1. The van der Waals surface area contributed by atoms with Crippen LogP contribution in [0.4, 0.5) is 0 Å². The zero-order valence-corrected chi connectivity index (χ0v) is 16.3. The Morgan fingerprint density at radius 3 is 3.00 bits per heavy atom. The average Bonchev–Trinajstić information content (AvgIpc) is 3.27. The van der Waals surface area contributed by atoms with Gasteiger partial charge in [0.05, 0.1) is 18.7 Å². The summed E-state index contributed by atoms with van der Waals surface area (Å²) in [6.45, 7) is 5.09. The van der Waals surface area contributed by atoms with Gasteiger partial charge in [-0.15, -0.1) is 11.3 Å². The smallest absolute Gasteiger partial charge is 0.223 e. The maximum Gasteiger partial charge on any atom is 0.223 e. The van der Waals surface area contributed by atoms with E-state index in [0.29, 0.717) is 19.6 Å². The lowest BCUT2D eigenvalue weighted by Gasteiger charge is -2.22. The molecule has 0 aliphatic carbocycles. The normalized spacial score (nSPS) is 16.1. The van der Waals surface area contributed by atoms with Crippen LogP contribution in [0.5, 0.6) is 0 Å². The third-order valence-corrected chi connectivity index (χ3v) is 5.71.